The number of piperidine rings is 1. The summed E-state index contributed by atoms with van der Waals surface area (Å²) in [5, 5.41) is 7.40. The van der Waals surface area contributed by atoms with Crippen LogP contribution < -0.4 is 5.32 Å². The van der Waals surface area contributed by atoms with Crippen molar-refractivity contribution < 1.29 is 9.53 Å². The van der Waals surface area contributed by atoms with E-state index in [-0.39, 0.29) is 17.9 Å². The summed E-state index contributed by atoms with van der Waals surface area (Å²) in [6.07, 6.45) is 8.66. The molecule has 1 N–H and O–H groups in total. The third kappa shape index (κ3) is 3.43. The number of likely N-dealkylation sites (tertiary alicyclic amines) is 1. The number of carbonyl (C=O) groups excluding carboxylic acids is 1. The summed E-state index contributed by atoms with van der Waals surface area (Å²) < 4.78 is 7.74. The van der Waals surface area contributed by atoms with E-state index in [1.165, 1.54) is 18.4 Å². The zero-order valence-corrected chi connectivity index (χ0v) is 13.8. The summed E-state index contributed by atoms with van der Waals surface area (Å²) in [6, 6.07) is 0.447. The summed E-state index contributed by atoms with van der Waals surface area (Å²) in [5.41, 5.74) is 1.21. The maximum absolute atomic E-state index is 12.5. The van der Waals surface area contributed by atoms with Gasteiger partial charge in [-0.2, -0.15) is 5.10 Å². The molecule has 126 valence electrons. The van der Waals surface area contributed by atoms with E-state index < -0.39 is 0 Å². The molecule has 3 atom stereocenters. The van der Waals surface area contributed by atoms with E-state index in [2.05, 4.69) is 21.5 Å². The lowest BCUT2D eigenvalue weighted by Crippen LogP contribution is -2.52. The zero-order valence-electron chi connectivity index (χ0n) is 13.8. The van der Waals surface area contributed by atoms with Gasteiger partial charge >= 0.3 is 0 Å². The number of carbonyl (C=O) groups is 1. The molecule has 0 radical (unpaired) electrons. The molecule has 1 aromatic rings. The standard InChI is InChI=1S/C17H26N4O2/c1-20-9-13(8-19-20)10-21-11-14(6-16-15(21)4-5-23-16)17(22)18-7-12-2-3-12/h8-9,12,14-16H,2-7,10-11H2,1H3,(H,18,22)/t14-,15+,16+/m0/s1. The Kier molecular flexibility index (Phi) is 4.11. The van der Waals surface area contributed by atoms with E-state index in [0.717, 1.165) is 45.0 Å². The molecule has 0 bridgehead atoms. The number of nitrogens with zero attached hydrogens (tertiary/aromatic N) is 3. The van der Waals surface area contributed by atoms with Crippen molar-refractivity contribution in [2.45, 2.75) is 44.4 Å². The van der Waals surface area contributed by atoms with Crippen LogP contribution in [0.4, 0.5) is 0 Å². The molecule has 0 unspecified atom stereocenters. The van der Waals surface area contributed by atoms with Crippen LogP contribution in [0.5, 0.6) is 0 Å². The summed E-state index contributed by atoms with van der Waals surface area (Å²) in [7, 11) is 1.94. The normalized spacial score (nSPS) is 31.1. The van der Waals surface area contributed by atoms with Crippen LogP contribution in [0, 0.1) is 11.8 Å². The van der Waals surface area contributed by atoms with Gasteiger partial charge in [0, 0.05) is 51.1 Å². The van der Waals surface area contributed by atoms with Crippen molar-refractivity contribution in [2.24, 2.45) is 18.9 Å². The Balaban J connectivity index is 1.41. The van der Waals surface area contributed by atoms with Crippen molar-refractivity contribution in [3.8, 4) is 0 Å². The smallest absolute Gasteiger partial charge is 0.224 e. The molecule has 2 saturated heterocycles. The minimum atomic E-state index is 0.0461. The van der Waals surface area contributed by atoms with Gasteiger partial charge in [-0.3, -0.25) is 14.4 Å². The SMILES string of the molecule is Cn1cc(CN2C[C@@H](C(=O)NCC3CC3)C[C@H]3OCC[C@H]32)cn1. The van der Waals surface area contributed by atoms with E-state index in [4.69, 9.17) is 4.74 Å². The highest BCUT2D eigenvalue weighted by Crippen LogP contribution is 2.33. The molecule has 4 rings (SSSR count). The molecule has 3 heterocycles. The average molecular weight is 318 g/mol. The number of aromatic nitrogens is 2. The van der Waals surface area contributed by atoms with Crippen LogP contribution in [0.15, 0.2) is 12.4 Å². The highest BCUT2D eigenvalue weighted by atomic mass is 16.5. The Hall–Kier alpha value is -1.40. The minimum Gasteiger partial charge on any atom is -0.377 e. The van der Waals surface area contributed by atoms with E-state index in [1.54, 1.807) is 0 Å². The van der Waals surface area contributed by atoms with Crippen LogP contribution in [0.2, 0.25) is 0 Å². The molecule has 6 nitrogen and oxygen atoms in total. The highest BCUT2D eigenvalue weighted by Gasteiger charge is 2.42. The first kappa shape index (κ1) is 15.1. The second-order valence-electron chi connectivity index (χ2n) is 7.34. The van der Waals surface area contributed by atoms with E-state index in [9.17, 15) is 4.79 Å². The molecule has 6 heteroatoms. The van der Waals surface area contributed by atoms with Gasteiger partial charge in [0.2, 0.25) is 5.91 Å². The van der Waals surface area contributed by atoms with Gasteiger partial charge in [-0.1, -0.05) is 0 Å². The van der Waals surface area contributed by atoms with Crippen molar-refractivity contribution in [1.82, 2.24) is 20.0 Å². The Morgan fingerprint density at radius 2 is 2.30 bits per heavy atom. The molecule has 3 fully saturated rings. The fourth-order valence-electron chi connectivity index (χ4n) is 3.92. The first-order chi connectivity index (χ1) is 11.2. The quantitative estimate of drug-likeness (QED) is 0.877. The molecule has 3 aliphatic rings. The van der Waals surface area contributed by atoms with Crippen LogP contribution in [0.1, 0.15) is 31.2 Å². The molecular formula is C17H26N4O2. The summed E-state index contributed by atoms with van der Waals surface area (Å²) in [4.78, 5) is 14.9. The second-order valence-corrected chi connectivity index (χ2v) is 7.34. The van der Waals surface area contributed by atoms with Gasteiger partial charge in [-0.15, -0.1) is 0 Å². The molecule has 1 aromatic heterocycles. The van der Waals surface area contributed by atoms with E-state index in [0.29, 0.717) is 6.04 Å². The number of hydrogen-bond acceptors (Lipinski definition) is 4. The maximum Gasteiger partial charge on any atom is 0.224 e. The first-order valence-electron chi connectivity index (χ1n) is 8.80. The Morgan fingerprint density at radius 3 is 3.04 bits per heavy atom. The third-order valence-electron chi connectivity index (χ3n) is 5.39. The van der Waals surface area contributed by atoms with Crippen LogP contribution >= 0.6 is 0 Å². The highest BCUT2D eigenvalue weighted by molar-refractivity contribution is 5.79. The lowest BCUT2D eigenvalue weighted by atomic mass is 9.89. The monoisotopic (exact) mass is 318 g/mol. The summed E-state index contributed by atoms with van der Waals surface area (Å²) >= 11 is 0. The molecule has 1 aliphatic carbocycles. The van der Waals surface area contributed by atoms with Crippen LogP contribution in [0.3, 0.4) is 0 Å². The Morgan fingerprint density at radius 1 is 1.43 bits per heavy atom. The first-order valence-corrected chi connectivity index (χ1v) is 8.80. The predicted octanol–water partition coefficient (Wildman–Crippen LogP) is 0.926. The molecule has 0 spiro atoms. The number of fused-ring (bicyclic) bond motifs is 1. The lowest BCUT2D eigenvalue weighted by Gasteiger charge is -2.40. The van der Waals surface area contributed by atoms with Gasteiger partial charge in [0.15, 0.2) is 0 Å². The summed E-state index contributed by atoms with van der Waals surface area (Å²) in [5.74, 6) is 0.983. The number of ether oxygens (including phenoxy) is 1. The van der Waals surface area contributed by atoms with Crippen molar-refractivity contribution >= 4 is 5.91 Å². The van der Waals surface area contributed by atoms with Gasteiger partial charge in [-0.25, -0.2) is 0 Å². The molecule has 1 amide bonds. The summed E-state index contributed by atoms with van der Waals surface area (Å²) in [6.45, 7) is 3.35. The van der Waals surface area contributed by atoms with Gasteiger partial charge in [0.25, 0.3) is 0 Å². The topological polar surface area (TPSA) is 59.4 Å². The van der Waals surface area contributed by atoms with Gasteiger partial charge in [-0.05, 0) is 31.6 Å². The fraction of sp³-hybridized carbons (Fsp3) is 0.765. The second kappa shape index (κ2) is 6.24. The third-order valence-corrected chi connectivity index (χ3v) is 5.39. The Bertz CT molecular complexity index is 569. The van der Waals surface area contributed by atoms with E-state index >= 15 is 0 Å². The van der Waals surface area contributed by atoms with Crippen molar-refractivity contribution in [1.29, 1.82) is 0 Å². The van der Waals surface area contributed by atoms with Gasteiger partial charge in [0.05, 0.1) is 18.2 Å². The molecule has 0 aromatic carbocycles. The van der Waals surface area contributed by atoms with Gasteiger partial charge in [0.1, 0.15) is 0 Å². The number of rotatable bonds is 5. The molecule has 23 heavy (non-hydrogen) atoms. The average Bonchev–Trinajstić information content (AvgIpc) is 3.09. The van der Waals surface area contributed by atoms with Crippen molar-refractivity contribution in [2.75, 3.05) is 19.7 Å². The molecule has 1 saturated carbocycles. The van der Waals surface area contributed by atoms with Crippen LogP contribution in [0.25, 0.3) is 0 Å². The molecule has 2 aliphatic heterocycles. The van der Waals surface area contributed by atoms with Crippen LogP contribution in [-0.2, 0) is 23.1 Å². The Labute approximate surface area is 137 Å². The minimum absolute atomic E-state index is 0.0461. The van der Waals surface area contributed by atoms with E-state index in [1.807, 2.05) is 17.9 Å². The largest absolute Gasteiger partial charge is 0.377 e. The lowest BCUT2D eigenvalue weighted by molar-refractivity contribution is -0.129. The van der Waals surface area contributed by atoms with Crippen LogP contribution in [-0.4, -0.2) is 52.4 Å². The van der Waals surface area contributed by atoms with Crippen molar-refractivity contribution in [3.05, 3.63) is 18.0 Å². The van der Waals surface area contributed by atoms with Crippen molar-refractivity contribution in [3.63, 3.8) is 0 Å². The number of amides is 1. The number of hydrogen-bond donors (Lipinski definition) is 1. The molecular weight excluding hydrogens is 292 g/mol. The zero-order chi connectivity index (χ0) is 15.8. The van der Waals surface area contributed by atoms with Gasteiger partial charge < -0.3 is 10.1 Å². The fourth-order valence-corrected chi connectivity index (χ4v) is 3.92. The number of nitrogens with one attached hydrogen (secondary N) is 1. The predicted molar refractivity (Wildman–Crippen MR) is 85.6 cm³/mol. The number of aryl methyl sites for hydroxylation is 1. The maximum atomic E-state index is 12.5.